The summed E-state index contributed by atoms with van der Waals surface area (Å²) in [6.07, 6.45) is 0. The lowest BCUT2D eigenvalue weighted by Crippen LogP contribution is -2.29. The predicted molar refractivity (Wildman–Crippen MR) is 74.3 cm³/mol. The van der Waals surface area contributed by atoms with Gasteiger partial charge in [-0.2, -0.15) is 0 Å². The van der Waals surface area contributed by atoms with Gasteiger partial charge in [-0.1, -0.05) is 6.92 Å². The Morgan fingerprint density at radius 1 is 1.42 bits per heavy atom. The van der Waals surface area contributed by atoms with Crippen molar-refractivity contribution in [3.63, 3.8) is 0 Å². The van der Waals surface area contributed by atoms with Crippen molar-refractivity contribution in [1.82, 2.24) is 4.72 Å². The average molecular weight is 308 g/mol. The Balaban J connectivity index is 2.92. The van der Waals surface area contributed by atoms with Gasteiger partial charge >= 0.3 is 0 Å². The van der Waals surface area contributed by atoms with E-state index in [0.29, 0.717) is 5.75 Å². The molecule has 0 aromatic heterocycles. The number of aryl methyl sites for hydroxylation is 1. The fourth-order valence-corrected chi connectivity index (χ4v) is 3.43. The van der Waals surface area contributed by atoms with Gasteiger partial charge in [0, 0.05) is 34.5 Å². The first-order valence-corrected chi connectivity index (χ1v) is 8.65. The van der Waals surface area contributed by atoms with E-state index >= 15 is 0 Å². The lowest BCUT2D eigenvalue weighted by Gasteiger charge is -2.09. The van der Waals surface area contributed by atoms with E-state index in [-0.39, 0.29) is 23.5 Å². The number of nitrogens with one attached hydrogen (secondary N) is 1. The molecule has 0 saturated heterocycles. The van der Waals surface area contributed by atoms with E-state index in [1.54, 1.807) is 6.92 Å². The molecule has 0 radical (unpaired) electrons. The van der Waals surface area contributed by atoms with Crippen LogP contribution in [0.25, 0.3) is 0 Å². The molecule has 0 heterocycles. The lowest BCUT2D eigenvalue weighted by molar-refractivity contribution is 0.555. The second-order valence-electron chi connectivity index (χ2n) is 3.98. The molecule has 0 aliphatic carbocycles. The standard InChI is InChI=1S/C11H17FN2O3S2/c1-3-18(15)5-4-14-19(16,17)10-7-9(13)6-8(2)11(10)12/h6-7,14H,3-5,13H2,1-2H3. The number of rotatable bonds is 6. The molecule has 0 bridgehead atoms. The predicted octanol–water partition coefficient (Wildman–Crippen LogP) is 0.763. The number of nitrogen functional groups attached to an aromatic ring is 1. The van der Waals surface area contributed by atoms with Crippen LogP contribution in [0.15, 0.2) is 17.0 Å². The fourth-order valence-electron chi connectivity index (χ4n) is 1.47. The van der Waals surface area contributed by atoms with Crippen LogP contribution in [0.4, 0.5) is 10.1 Å². The van der Waals surface area contributed by atoms with E-state index in [4.69, 9.17) is 5.73 Å². The third-order valence-corrected chi connectivity index (χ3v) is 5.24. The Morgan fingerprint density at radius 3 is 2.63 bits per heavy atom. The summed E-state index contributed by atoms with van der Waals surface area (Å²) in [6.45, 7) is 3.18. The molecule has 19 heavy (non-hydrogen) atoms. The first kappa shape index (κ1) is 16.1. The zero-order valence-electron chi connectivity index (χ0n) is 10.8. The number of nitrogens with two attached hydrogens (primary N) is 1. The van der Waals surface area contributed by atoms with Crippen LogP contribution in [0.2, 0.25) is 0 Å². The maximum atomic E-state index is 13.8. The molecule has 1 aromatic carbocycles. The molecule has 5 nitrogen and oxygen atoms in total. The van der Waals surface area contributed by atoms with Crippen molar-refractivity contribution < 1.29 is 17.0 Å². The van der Waals surface area contributed by atoms with Crippen molar-refractivity contribution in [2.24, 2.45) is 0 Å². The van der Waals surface area contributed by atoms with Crippen LogP contribution in [-0.2, 0) is 20.8 Å². The Kier molecular flexibility index (Phi) is 5.45. The Bertz CT molecular complexity index is 588. The van der Waals surface area contributed by atoms with Crippen LogP contribution < -0.4 is 10.5 Å². The van der Waals surface area contributed by atoms with Gasteiger partial charge in [0.1, 0.15) is 10.7 Å². The highest BCUT2D eigenvalue weighted by molar-refractivity contribution is 7.89. The van der Waals surface area contributed by atoms with Crippen LogP contribution in [0, 0.1) is 12.7 Å². The van der Waals surface area contributed by atoms with E-state index in [0.717, 1.165) is 6.07 Å². The fraction of sp³-hybridized carbons (Fsp3) is 0.455. The lowest BCUT2D eigenvalue weighted by atomic mass is 10.2. The van der Waals surface area contributed by atoms with E-state index in [9.17, 15) is 17.0 Å². The SMILES string of the molecule is CCS(=O)CCNS(=O)(=O)c1cc(N)cc(C)c1F. The van der Waals surface area contributed by atoms with Gasteiger partial charge in [-0.05, 0) is 24.6 Å². The number of hydrogen-bond donors (Lipinski definition) is 2. The van der Waals surface area contributed by atoms with Gasteiger partial charge in [-0.15, -0.1) is 0 Å². The largest absolute Gasteiger partial charge is 0.399 e. The first-order chi connectivity index (χ1) is 8.77. The monoisotopic (exact) mass is 308 g/mol. The molecule has 0 amide bonds. The van der Waals surface area contributed by atoms with Crippen molar-refractivity contribution in [3.8, 4) is 0 Å². The second kappa shape index (κ2) is 6.44. The number of benzene rings is 1. The zero-order valence-corrected chi connectivity index (χ0v) is 12.4. The van der Waals surface area contributed by atoms with Crippen LogP contribution in [0.3, 0.4) is 0 Å². The van der Waals surface area contributed by atoms with Crippen molar-refractivity contribution in [3.05, 3.63) is 23.5 Å². The van der Waals surface area contributed by atoms with Crippen molar-refractivity contribution in [1.29, 1.82) is 0 Å². The molecule has 1 rings (SSSR count). The number of hydrogen-bond acceptors (Lipinski definition) is 4. The average Bonchev–Trinajstić information content (AvgIpc) is 2.33. The number of halogens is 1. The maximum absolute atomic E-state index is 13.8. The molecule has 0 fully saturated rings. The molecule has 1 unspecified atom stereocenters. The van der Waals surface area contributed by atoms with E-state index in [1.807, 2.05) is 0 Å². The summed E-state index contributed by atoms with van der Waals surface area (Å²) in [5.74, 6) is -0.176. The van der Waals surface area contributed by atoms with Gasteiger partial charge in [0.15, 0.2) is 0 Å². The summed E-state index contributed by atoms with van der Waals surface area (Å²) >= 11 is 0. The smallest absolute Gasteiger partial charge is 0.243 e. The topological polar surface area (TPSA) is 89.3 Å². The molecule has 0 aliphatic rings. The summed E-state index contributed by atoms with van der Waals surface area (Å²) in [5.41, 5.74) is 5.86. The summed E-state index contributed by atoms with van der Waals surface area (Å²) < 4.78 is 51.0. The summed E-state index contributed by atoms with van der Waals surface area (Å²) in [4.78, 5) is -0.479. The van der Waals surface area contributed by atoms with Crippen molar-refractivity contribution >= 4 is 26.5 Å². The summed E-state index contributed by atoms with van der Waals surface area (Å²) in [6, 6.07) is 2.43. The van der Waals surface area contributed by atoms with E-state index in [1.165, 1.54) is 13.0 Å². The van der Waals surface area contributed by atoms with Gasteiger partial charge in [0.25, 0.3) is 0 Å². The van der Waals surface area contributed by atoms with Crippen molar-refractivity contribution in [2.45, 2.75) is 18.7 Å². The highest BCUT2D eigenvalue weighted by Gasteiger charge is 2.20. The summed E-state index contributed by atoms with van der Waals surface area (Å²) in [5, 5.41) is 0. The molecule has 8 heteroatoms. The maximum Gasteiger partial charge on any atom is 0.243 e. The highest BCUT2D eigenvalue weighted by Crippen LogP contribution is 2.21. The second-order valence-corrected chi connectivity index (χ2v) is 7.58. The number of sulfonamides is 1. The minimum absolute atomic E-state index is 0.00390. The first-order valence-electron chi connectivity index (χ1n) is 5.68. The molecule has 1 atom stereocenters. The Morgan fingerprint density at radius 2 is 2.05 bits per heavy atom. The van der Waals surface area contributed by atoms with Crippen LogP contribution in [0.1, 0.15) is 12.5 Å². The van der Waals surface area contributed by atoms with Gasteiger partial charge in [-0.25, -0.2) is 17.5 Å². The van der Waals surface area contributed by atoms with E-state index < -0.39 is 31.5 Å². The quantitative estimate of drug-likeness (QED) is 0.759. The zero-order chi connectivity index (χ0) is 14.6. The molecule has 0 saturated carbocycles. The highest BCUT2D eigenvalue weighted by atomic mass is 32.2. The van der Waals surface area contributed by atoms with Crippen LogP contribution in [-0.4, -0.2) is 30.7 Å². The van der Waals surface area contributed by atoms with Crippen LogP contribution >= 0.6 is 0 Å². The van der Waals surface area contributed by atoms with Gasteiger partial charge in [-0.3, -0.25) is 4.21 Å². The third kappa shape index (κ3) is 4.26. The third-order valence-electron chi connectivity index (χ3n) is 2.48. The molecular formula is C11H17FN2O3S2. The Labute approximate surface area is 114 Å². The minimum atomic E-state index is -3.98. The Hall–Kier alpha value is -0.990. The van der Waals surface area contributed by atoms with E-state index in [2.05, 4.69) is 4.72 Å². The molecule has 3 N–H and O–H groups in total. The number of anilines is 1. The molecule has 0 aliphatic heterocycles. The van der Waals surface area contributed by atoms with Gasteiger partial charge < -0.3 is 5.73 Å². The van der Waals surface area contributed by atoms with Gasteiger partial charge in [0.05, 0.1) is 0 Å². The summed E-state index contributed by atoms with van der Waals surface area (Å²) in [7, 11) is -5.06. The van der Waals surface area contributed by atoms with Crippen molar-refractivity contribution in [2.75, 3.05) is 23.8 Å². The minimum Gasteiger partial charge on any atom is -0.399 e. The molecule has 108 valence electrons. The molecule has 1 aromatic rings. The normalized spacial score (nSPS) is 13.4. The van der Waals surface area contributed by atoms with Gasteiger partial charge in [0.2, 0.25) is 10.0 Å². The van der Waals surface area contributed by atoms with Crippen LogP contribution in [0.5, 0.6) is 0 Å². The molecule has 0 spiro atoms. The molecular weight excluding hydrogens is 291 g/mol.